The molecule has 0 rings (SSSR count). The second-order valence-electron chi connectivity index (χ2n) is 9.53. The maximum Gasteiger partial charge on any atom is 0.309 e. The minimum Gasteiger partial charge on any atom is -0.466 e. The first-order chi connectivity index (χ1) is 17.7. The smallest absolute Gasteiger partial charge is 0.309 e. The van der Waals surface area contributed by atoms with Gasteiger partial charge in [0.1, 0.15) is 0 Å². The lowest BCUT2D eigenvalue weighted by Crippen LogP contribution is -2.22. The fourth-order valence-electron chi connectivity index (χ4n) is 3.74. The Kier molecular flexibility index (Phi) is 33.0. The molecule has 0 saturated carbocycles. The number of nitrogens with two attached hydrogens (primary N) is 1. The molecular formula is C30H61NO6. The Bertz CT molecular complexity index is 524. The lowest BCUT2D eigenvalue weighted by molar-refractivity contribution is -0.150. The van der Waals surface area contributed by atoms with Crippen LogP contribution >= 0.6 is 0 Å². The Balaban J connectivity index is -0.000000473. The van der Waals surface area contributed by atoms with E-state index in [0.717, 1.165) is 57.8 Å². The van der Waals surface area contributed by atoms with E-state index >= 15 is 0 Å². The van der Waals surface area contributed by atoms with Crippen molar-refractivity contribution in [3.8, 4) is 0 Å². The molecule has 2 atom stereocenters. The normalized spacial score (nSPS) is 11.8. The third-order valence-corrected chi connectivity index (χ3v) is 5.80. The predicted molar refractivity (Wildman–Crippen MR) is 153 cm³/mol. The molecule has 0 aromatic rings. The molecule has 0 spiro atoms. The van der Waals surface area contributed by atoms with Gasteiger partial charge in [0.05, 0.1) is 31.7 Å². The van der Waals surface area contributed by atoms with Crippen molar-refractivity contribution < 1.29 is 28.6 Å². The van der Waals surface area contributed by atoms with Crippen molar-refractivity contribution >= 4 is 17.9 Å². The molecule has 0 bridgehead atoms. The van der Waals surface area contributed by atoms with Crippen LogP contribution in [0, 0.1) is 17.8 Å². The van der Waals surface area contributed by atoms with Crippen molar-refractivity contribution in [1.82, 2.24) is 0 Å². The lowest BCUT2D eigenvalue weighted by Gasteiger charge is -2.17. The second-order valence-corrected chi connectivity index (χ2v) is 9.53. The van der Waals surface area contributed by atoms with E-state index in [1.165, 1.54) is 12.8 Å². The van der Waals surface area contributed by atoms with E-state index in [1.54, 1.807) is 0 Å². The van der Waals surface area contributed by atoms with E-state index in [9.17, 15) is 14.4 Å². The summed E-state index contributed by atoms with van der Waals surface area (Å²) in [5, 5.41) is 0. The zero-order valence-electron chi connectivity index (χ0n) is 25.6. The molecule has 0 aliphatic carbocycles. The predicted octanol–water partition coefficient (Wildman–Crippen LogP) is 7.24. The molecule has 0 amide bonds. The third-order valence-electron chi connectivity index (χ3n) is 5.80. The van der Waals surface area contributed by atoms with Gasteiger partial charge in [-0.2, -0.15) is 0 Å². The molecule has 0 fully saturated rings. The van der Waals surface area contributed by atoms with E-state index in [1.807, 2.05) is 20.8 Å². The highest BCUT2D eigenvalue weighted by molar-refractivity contribution is 5.72. The molecule has 0 aromatic heterocycles. The number of carbonyl (C=O) groups is 3. The standard InChI is InChI=1S/C11H23NO2.C10H20O2.C9H18O2/c1-3-7-10(8-5-6-9-12)11(13)14-4-2;1-5-7-9(8(3)4)10(11)12-6-2;1-3-5-6-7-8-9(10)11-4-2/h10H,3-9,12H2,1-2H3;8-9H,5-7H2,1-4H3;3-8H2,1-2H3/t10-;9-;/m11./s1. The minimum absolute atomic E-state index is 0.0330. The monoisotopic (exact) mass is 531 g/mol. The molecule has 2 N–H and O–H groups in total. The summed E-state index contributed by atoms with van der Waals surface area (Å²) < 4.78 is 14.8. The van der Waals surface area contributed by atoms with Crippen molar-refractivity contribution in [2.75, 3.05) is 26.4 Å². The number of rotatable bonds is 19. The molecule has 222 valence electrons. The van der Waals surface area contributed by atoms with Crippen molar-refractivity contribution in [2.45, 2.75) is 132 Å². The summed E-state index contributed by atoms with van der Waals surface area (Å²) in [6, 6.07) is 0. The van der Waals surface area contributed by atoms with Crippen molar-refractivity contribution in [1.29, 1.82) is 0 Å². The average Bonchev–Trinajstić information content (AvgIpc) is 2.86. The lowest BCUT2D eigenvalue weighted by atomic mass is 9.92. The van der Waals surface area contributed by atoms with Gasteiger partial charge in [-0.3, -0.25) is 14.4 Å². The van der Waals surface area contributed by atoms with Gasteiger partial charge in [0.15, 0.2) is 0 Å². The summed E-state index contributed by atoms with van der Waals surface area (Å²) in [7, 11) is 0. The Morgan fingerprint density at radius 2 is 1.19 bits per heavy atom. The Morgan fingerprint density at radius 1 is 0.622 bits per heavy atom. The molecular weight excluding hydrogens is 470 g/mol. The van der Waals surface area contributed by atoms with Crippen LogP contribution in [0.3, 0.4) is 0 Å². The fraction of sp³-hybridized carbons (Fsp3) is 0.900. The van der Waals surface area contributed by atoms with Crippen LogP contribution < -0.4 is 5.73 Å². The van der Waals surface area contributed by atoms with Gasteiger partial charge in [0.25, 0.3) is 0 Å². The van der Waals surface area contributed by atoms with Gasteiger partial charge in [0, 0.05) is 6.42 Å². The van der Waals surface area contributed by atoms with Crippen LogP contribution in [0.2, 0.25) is 0 Å². The quantitative estimate of drug-likeness (QED) is 0.106. The van der Waals surface area contributed by atoms with Gasteiger partial charge in [-0.25, -0.2) is 0 Å². The molecule has 0 saturated heterocycles. The van der Waals surface area contributed by atoms with Crippen LogP contribution in [0.5, 0.6) is 0 Å². The van der Waals surface area contributed by atoms with Crippen LogP contribution in [-0.2, 0) is 28.6 Å². The summed E-state index contributed by atoms with van der Waals surface area (Å²) in [6.07, 6.45) is 12.1. The highest BCUT2D eigenvalue weighted by Crippen LogP contribution is 2.18. The summed E-state index contributed by atoms with van der Waals surface area (Å²) in [5.74, 6) is 0.453. The van der Waals surface area contributed by atoms with Gasteiger partial charge < -0.3 is 19.9 Å². The van der Waals surface area contributed by atoms with Crippen LogP contribution in [0.1, 0.15) is 132 Å². The van der Waals surface area contributed by atoms with Gasteiger partial charge in [-0.1, -0.05) is 73.1 Å². The van der Waals surface area contributed by atoms with Crippen molar-refractivity contribution in [3.05, 3.63) is 0 Å². The highest BCUT2D eigenvalue weighted by Gasteiger charge is 2.22. The van der Waals surface area contributed by atoms with Crippen LogP contribution in [0.25, 0.3) is 0 Å². The van der Waals surface area contributed by atoms with Crippen molar-refractivity contribution in [2.24, 2.45) is 23.5 Å². The fourth-order valence-corrected chi connectivity index (χ4v) is 3.74. The Hall–Kier alpha value is -1.63. The molecule has 0 unspecified atom stereocenters. The summed E-state index contributed by atoms with van der Waals surface area (Å²) >= 11 is 0. The molecule has 0 aromatic carbocycles. The molecule has 37 heavy (non-hydrogen) atoms. The average molecular weight is 532 g/mol. The van der Waals surface area contributed by atoms with E-state index in [2.05, 4.69) is 34.6 Å². The maximum atomic E-state index is 11.5. The molecule has 0 aliphatic heterocycles. The molecule has 7 heteroatoms. The number of unbranched alkanes of at least 4 members (excludes halogenated alkanes) is 4. The number of esters is 3. The van der Waals surface area contributed by atoms with Gasteiger partial charge in [-0.15, -0.1) is 0 Å². The number of hydrogen-bond donors (Lipinski definition) is 1. The molecule has 7 nitrogen and oxygen atoms in total. The van der Waals surface area contributed by atoms with Gasteiger partial charge >= 0.3 is 17.9 Å². The van der Waals surface area contributed by atoms with Crippen molar-refractivity contribution in [3.63, 3.8) is 0 Å². The van der Waals surface area contributed by atoms with Crippen LogP contribution in [0.4, 0.5) is 0 Å². The SMILES string of the molecule is CCCCCCC(=O)OCC.CCC[C@@H](C(=O)OCC)C(C)C.CCC[C@H](CCCCN)C(=O)OCC. The summed E-state index contributed by atoms with van der Waals surface area (Å²) in [4.78, 5) is 33.6. The minimum atomic E-state index is -0.0522. The number of hydrogen-bond acceptors (Lipinski definition) is 7. The summed E-state index contributed by atoms with van der Waals surface area (Å²) in [5.41, 5.74) is 5.41. The van der Waals surface area contributed by atoms with Crippen LogP contribution in [-0.4, -0.2) is 44.3 Å². The first-order valence-electron chi connectivity index (χ1n) is 14.9. The first-order valence-corrected chi connectivity index (χ1v) is 14.9. The van der Waals surface area contributed by atoms with Gasteiger partial charge in [0.2, 0.25) is 0 Å². The zero-order chi connectivity index (χ0) is 28.9. The van der Waals surface area contributed by atoms with E-state index in [4.69, 9.17) is 19.9 Å². The second kappa shape index (κ2) is 30.6. The van der Waals surface area contributed by atoms with E-state index in [-0.39, 0.29) is 29.7 Å². The third kappa shape index (κ3) is 27.2. The van der Waals surface area contributed by atoms with E-state index < -0.39 is 0 Å². The number of ether oxygens (including phenoxy) is 3. The first kappa shape index (κ1) is 39.9. The highest BCUT2D eigenvalue weighted by atomic mass is 16.5. The maximum absolute atomic E-state index is 11.5. The van der Waals surface area contributed by atoms with Gasteiger partial charge in [-0.05, 0) is 65.3 Å². The van der Waals surface area contributed by atoms with E-state index in [0.29, 0.717) is 38.7 Å². The Labute approximate surface area is 228 Å². The van der Waals surface area contributed by atoms with Crippen LogP contribution in [0.15, 0.2) is 0 Å². The summed E-state index contributed by atoms with van der Waals surface area (Å²) in [6.45, 7) is 18.2. The molecule has 0 aliphatic rings. The topological polar surface area (TPSA) is 105 Å². The molecule has 0 radical (unpaired) electrons. The molecule has 0 heterocycles. The zero-order valence-corrected chi connectivity index (χ0v) is 25.6. The Morgan fingerprint density at radius 3 is 1.65 bits per heavy atom. The number of carbonyl (C=O) groups excluding carboxylic acids is 3. The largest absolute Gasteiger partial charge is 0.466 e.